The number of hydrogen-bond donors (Lipinski definition) is 1. The summed E-state index contributed by atoms with van der Waals surface area (Å²) in [6.45, 7) is 0.722. The molecule has 0 spiro atoms. The number of nitriles is 1. The van der Waals surface area contributed by atoms with E-state index in [0.29, 0.717) is 24.0 Å². The summed E-state index contributed by atoms with van der Waals surface area (Å²) >= 11 is 2.99. The molecule has 2 aromatic heterocycles. The van der Waals surface area contributed by atoms with E-state index in [9.17, 15) is 10.1 Å². The lowest BCUT2D eigenvalue weighted by Gasteiger charge is -2.02. The average Bonchev–Trinajstić information content (AvgIpc) is 3.25. The van der Waals surface area contributed by atoms with Crippen molar-refractivity contribution in [1.82, 2.24) is 10.3 Å². The fourth-order valence-electron chi connectivity index (χ4n) is 2.10. The summed E-state index contributed by atoms with van der Waals surface area (Å²) in [5.74, 6) is -0.0200. The van der Waals surface area contributed by atoms with Crippen molar-refractivity contribution in [3.05, 3.63) is 47.7 Å². The van der Waals surface area contributed by atoms with E-state index in [1.165, 1.54) is 17.8 Å². The third-order valence-electron chi connectivity index (χ3n) is 3.31. The second kappa shape index (κ2) is 8.67. The number of amides is 1. The number of fused-ring (bicyclic) bond motifs is 1. The van der Waals surface area contributed by atoms with Gasteiger partial charge in [0, 0.05) is 19.7 Å². The maximum Gasteiger partial charge on any atom is 0.262 e. The number of carbonyl (C=O) groups excluding carboxylic acids is 1. The minimum atomic E-state index is -0.457. The van der Waals surface area contributed by atoms with E-state index in [1.807, 2.05) is 30.3 Å². The minimum Gasteiger partial charge on any atom is -0.450 e. The third kappa shape index (κ3) is 4.52. The summed E-state index contributed by atoms with van der Waals surface area (Å²) in [6, 6.07) is 13.3. The van der Waals surface area contributed by atoms with E-state index in [0.717, 1.165) is 14.6 Å². The number of nitrogens with one attached hydrogen (secondary N) is 1. The molecule has 26 heavy (non-hydrogen) atoms. The highest BCUT2D eigenvalue weighted by molar-refractivity contribution is 8.01. The van der Waals surface area contributed by atoms with Gasteiger partial charge in [-0.05, 0) is 36.0 Å². The molecule has 0 aliphatic heterocycles. The fraction of sp³-hybridized carbons (Fsp3) is 0.167. The van der Waals surface area contributed by atoms with E-state index < -0.39 is 5.91 Å². The zero-order valence-corrected chi connectivity index (χ0v) is 15.5. The van der Waals surface area contributed by atoms with Crippen LogP contribution in [0.15, 0.2) is 55.8 Å². The smallest absolute Gasteiger partial charge is 0.262 e. The quantitative estimate of drug-likeness (QED) is 0.379. The molecule has 0 saturated carbocycles. The molecule has 0 atom stereocenters. The predicted molar refractivity (Wildman–Crippen MR) is 101 cm³/mol. The number of furan rings is 1. The van der Waals surface area contributed by atoms with E-state index in [1.54, 1.807) is 30.6 Å². The lowest BCUT2D eigenvalue weighted by atomic mass is 10.2. The van der Waals surface area contributed by atoms with Gasteiger partial charge in [-0.25, -0.2) is 4.98 Å². The molecule has 6 nitrogen and oxygen atoms in total. The van der Waals surface area contributed by atoms with Gasteiger partial charge in [0.1, 0.15) is 17.4 Å². The van der Waals surface area contributed by atoms with E-state index in [2.05, 4.69) is 10.3 Å². The van der Waals surface area contributed by atoms with Gasteiger partial charge >= 0.3 is 0 Å². The fourth-order valence-corrected chi connectivity index (χ4v) is 4.07. The van der Waals surface area contributed by atoms with Crippen LogP contribution in [0.3, 0.4) is 0 Å². The third-order valence-corrected chi connectivity index (χ3v) is 5.33. The number of carbonyl (C=O) groups is 1. The Hall–Kier alpha value is -2.60. The SMILES string of the molecule is COCCNC(=O)/C(C#N)=C/c1ccc(Sc2nc3ccccc3s2)o1. The summed E-state index contributed by atoms with van der Waals surface area (Å²) in [5.41, 5.74) is 0.929. The Bertz CT molecular complexity index is 952. The molecule has 8 heteroatoms. The van der Waals surface area contributed by atoms with Crippen LogP contribution in [0.25, 0.3) is 16.3 Å². The Balaban J connectivity index is 1.70. The number of para-hydroxylation sites is 1. The highest BCUT2D eigenvalue weighted by Crippen LogP contribution is 2.35. The average molecular weight is 385 g/mol. The number of ether oxygens (including phenoxy) is 1. The number of thiazole rings is 1. The van der Waals surface area contributed by atoms with Crippen molar-refractivity contribution in [2.75, 3.05) is 20.3 Å². The number of aromatic nitrogens is 1. The Morgan fingerprint density at radius 1 is 1.42 bits per heavy atom. The second-order valence-corrected chi connectivity index (χ2v) is 7.41. The first-order valence-electron chi connectivity index (χ1n) is 7.72. The Kier molecular flexibility index (Phi) is 6.07. The Morgan fingerprint density at radius 2 is 2.27 bits per heavy atom. The highest BCUT2D eigenvalue weighted by Gasteiger charge is 2.11. The van der Waals surface area contributed by atoms with Crippen LogP contribution in [-0.4, -0.2) is 31.2 Å². The van der Waals surface area contributed by atoms with Gasteiger partial charge in [-0.2, -0.15) is 5.26 Å². The second-order valence-electron chi connectivity index (χ2n) is 5.12. The number of benzene rings is 1. The molecule has 0 unspecified atom stereocenters. The molecule has 0 aliphatic rings. The van der Waals surface area contributed by atoms with Crippen LogP contribution in [0.2, 0.25) is 0 Å². The molecule has 1 amide bonds. The number of nitrogens with zero attached hydrogens (tertiary/aromatic N) is 2. The summed E-state index contributed by atoms with van der Waals surface area (Å²) in [4.78, 5) is 16.5. The molecule has 2 heterocycles. The first-order valence-corrected chi connectivity index (χ1v) is 9.35. The Morgan fingerprint density at radius 3 is 3.04 bits per heavy atom. The molecule has 0 aliphatic carbocycles. The lowest BCUT2D eigenvalue weighted by molar-refractivity contribution is -0.117. The van der Waals surface area contributed by atoms with Gasteiger partial charge in [-0.3, -0.25) is 4.79 Å². The van der Waals surface area contributed by atoms with Crippen molar-refractivity contribution in [3.8, 4) is 6.07 Å². The van der Waals surface area contributed by atoms with E-state index in [-0.39, 0.29) is 5.57 Å². The molecule has 1 aromatic carbocycles. The van der Waals surface area contributed by atoms with Crippen molar-refractivity contribution in [3.63, 3.8) is 0 Å². The van der Waals surface area contributed by atoms with Gasteiger partial charge in [0.2, 0.25) is 0 Å². The maximum atomic E-state index is 11.9. The van der Waals surface area contributed by atoms with Crippen molar-refractivity contribution in [2.45, 2.75) is 9.43 Å². The molecule has 0 bridgehead atoms. The van der Waals surface area contributed by atoms with Crippen LogP contribution in [-0.2, 0) is 9.53 Å². The molecule has 132 valence electrons. The standard InChI is InChI=1S/C18H15N3O3S2/c1-23-9-8-20-17(22)12(11-19)10-13-6-7-16(24-13)26-18-21-14-4-2-3-5-15(14)25-18/h2-7,10H,8-9H2,1H3,(H,20,22)/b12-10+. The van der Waals surface area contributed by atoms with Crippen LogP contribution in [0.4, 0.5) is 0 Å². The molecule has 0 saturated heterocycles. The summed E-state index contributed by atoms with van der Waals surface area (Å²) in [7, 11) is 1.54. The molecule has 3 aromatic rings. The molecule has 1 N–H and O–H groups in total. The number of methoxy groups -OCH3 is 1. The maximum absolute atomic E-state index is 11.9. The van der Waals surface area contributed by atoms with E-state index in [4.69, 9.17) is 9.15 Å². The van der Waals surface area contributed by atoms with Crippen LogP contribution in [0, 0.1) is 11.3 Å². The number of hydrogen-bond acceptors (Lipinski definition) is 7. The predicted octanol–water partition coefficient (Wildman–Crippen LogP) is 3.71. The zero-order valence-electron chi connectivity index (χ0n) is 13.9. The van der Waals surface area contributed by atoms with Gasteiger partial charge < -0.3 is 14.5 Å². The van der Waals surface area contributed by atoms with Gasteiger partial charge in [-0.15, -0.1) is 11.3 Å². The number of rotatable bonds is 7. The van der Waals surface area contributed by atoms with Gasteiger partial charge in [0.25, 0.3) is 5.91 Å². The van der Waals surface area contributed by atoms with Gasteiger partial charge in [0.05, 0.1) is 16.8 Å². The van der Waals surface area contributed by atoms with Crippen LogP contribution in [0.1, 0.15) is 5.76 Å². The van der Waals surface area contributed by atoms with Crippen molar-refractivity contribution >= 4 is 45.3 Å². The van der Waals surface area contributed by atoms with Crippen LogP contribution >= 0.6 is 23.1 Å². The largest absolute Gasteiger partial charge is 0.450 e. The summed E-state index contributed by atoms with van der Waals surface area (Å²) < 4.78 is 12.5. The lowest BCUT2D eigenvalue weighted by Crippen LogP contribution is -2.27. The zero-order chi connectivity index (χ0) is 18.4. The highest BCUT2D eigenvalue weighted by atomic mass is 32.2. The first kappa shape index (κ1) is 18.2. The summed E-state index contributed by atoms with van der Waals surface area (Å²) in [6.07, 6.45) is 1.42. The first-order chi connectivity index (χ1) is 12.7. The molecule has 0 fully saturated rings. The van der Waals surface area contributed by atoms with E-state index >= 15 is 0 Å². The Labute approximate surface area is 158 Å². The normalized spacial score (nSPS) is 11.5. The van der Waals surface area contributed by atoms with Gasteiger partial charge in [0.15, 0.2) is 9.43 Å². The van der Waals surface area contributed by atoms with Crippen LogP contribution in [0.5, 0.6) is 0 Å². The monoisotopic (exact) mass is 385 g/mol. The minimum absolute atomic E-state index is 0.0213. The molecular weight excluding hydrogens is 370 g/mol. The molecular formula is C18H15N3O3S2. The van der Waals surface area contributed by atoms with Crippen molar-refractivity contribution in [1.29, 1.82) is 5.26 Å². The molecule has 3 rings (SSSR count). The molecule has 0 radical (unpaired) electrons. The summed E-state index contributed by atoms with van der Waals surface area (Å²) in [5, 5.41) is 12.4. The van der Waals surface area contributed by atoms with Crippen LogP contribution < -0.4 is 5.32 Å². The topological polar surface area (TPSA) is 88.1 Å². The van der Waals surface area contributed by atoms with Crippen molar-refractivity contribution < 1.29 is 13.9 Å². The van der Waals surface area contributed by atoms with Gasteiger partial charge in [-0.1, -0.05) is 12.1 Å². The van der Waals surface area contributed by atoms with Crippen molar-refractivity contribution in [2.24, 2.45) is 0 Å².